The first-order chi connectivity index (χ1) is 46.2. The van der Waals surface area contributed by atoms with Crippen molar-refractivity contribution in [3.63, 3.8) is 0 Å². The number of aliphatic carboxylic acids is 2. The average Bonchev–Trinajstić information content (AvgIpc) is 2.74. The van der Waals surface area contributed by atoms with E-state index in [4.69, 9.17) is 0 Å². The summed E-state index contributed by atoms with van der Waals surface area (Å²) in [6, 6.07) is 0.188. The van der Waals surface area contributed by atoms with Crippen molar-refractivity contribution in [3.05, 3.63) is 0 Å². The number of carbonyl (C=O) groups is 2. The Morgan fingerprint density at radius 3 is 0.389 bits per heavy atom. The van der Waals surface area contributed by atoms with E-state index in [1.54, 1.807) is 0 Å². The minimum Gasteiger partial charge on any atom is -0.550 e. The summed E-state index contributed by atoms with van der Waals surface area (Å²) in [6.07, 6.45) is 101. The Hall–Kier alpha value is 0.120. The molecule has 0 aliphatic rings. The molecule has 0 aromatic carbocycles. The molecule has 0 heterocycles. The van der Waals surface area contributed by atoms with Gasteiger partial charge in [0, 0.05) is 36.9 Å². The predicted molar refractivity (Wildman–Crippen MR) is 422 cm³/mol. The molecule has 0 radical (unpaired) electrons. The zero-order valence-corrected chi connectivity index (χ0v) is 68.8. The molecule has 2 atom stereocenters. The first-order valence-electron chi connectivity index (χ1n) is 44.1. The topological polar surface area (TPSA) is 86.7 Å². The molecule has 6 nitrogen and oxygen atoms in total. The molecule has 0 spiro atoms. The fraction of sp³-hybridized carbons (Fsp3) is 0.977. The molecule has 0 aromatic rings. The van der Waals surface area contributed by atoms with E-state index < -0.39 is 11.9 Å². The molecule has 0 rings (SSSR count). The summed E-state index contributed by atoms with van der Waals surface area (Å²) >= 11 is 0. The van der Waals surface area contributed by atoms with E-state index in [0.29, 0.717) is 0 Å². The normalized spacial score (nSPS) is 12.2. The van der Waals surface area contributed by atoms with Crippen LogP contribution in [-0.2, 0) is 9.59 Å². The number of nitrogens with zero attached hydrogens (tertiary/aromatic N) is 2. The van der Waals surface area contributed by atoms with Gasteiger partial charge in [-0.1, -0.05) is 464 Å². The summed E-state index contributed by atoms with van der Waals surface area (Å²) in [4.78, 5) is 27.4. The summed E-state index contributed by atoms with van der Waals surface area (Å²) in [7, 11) is 0. The molecule has 0 amide bonds. The first-order valence-corrected chi connectivity index (χ1v) is 44.1. The van der Waals surface area contributed by atoms with E-state index in [1.165, 1.54) is 462 Å². The maximum Gasteiger partial charge on any atom is 2.00 e. The molecule has 0 aromatic heterocycles. The van der Waals surface area contributed by atoms with E-state index in [9.17, 15) is 19.8 Å². The SMILES string of the molecule is CCCCCCCCCCCCCCCCCCCCN(CCCCCCCCCCCCCCCCCCCC)C(C)CC(=O)[O-].CCCCCCCCCCCCCCCCCCCCN(CCCCCCCCCCCCCCCCCCCC)C(C)CC(=O)[O-].[Ca+2]. The summed E-state index contributed by atoms with van der Waals surface area (Å²) in [5.41, 5.74) is 0. The summed E-state index contributed by atoms with van der Waals surface area (Å²) in [5.74, 6) is -1.81. The van der Waals surface area contributed by atoms with Crippen LogP contribution in [0.3, 0.4) is 0 Å². The molecule has 95 heavy (non-hydrogen) atoms. The number of hydrogen-bond acceptors (Lipinski definition) is 6. The molecule has 0 aliphatic carbocycles. The quantitative estimate of drug-likeness (QED) is 0.0445. The molecule has 7 heteroatoms. The second-order valence-corrected chi connectivity index (χ2v) is 31.0. The third kappa shape index (κ3) is 86.4. The minimum absolute atomic E-state index is 0. The van der Waals surface area contributed by atoms with E-state index in [1.807, 2.05) is 0 Å². The van der Waals surface area contributed by atoms with Gasteiger partial charge in [-0.2, -0.15) is 0 Å². The molecule has 0 N–H and O–H groups in total. The van der Waals surface area contributed by atoms with Crippen LogP contribution in [0.25, 0.3) is 0 Å². The fourth-order valence-electron chi connectivity index (χ4n) is 14.7. The van der Waals surface area contributed by atoms with E-state index >= 15 is 0 Å². The van der Waals surface area contributed by atoms with Crippen molar-refractivity contribution in [3.8, 4) is 0 Å². The van der Waals surface area contributed by atoms with Crippen molar-refractivity contribution in [1.29, 1.82) is 0 Å². The Balaban J connectivity index is -0.00000176. The number of carboxylic acids is 2. The number of unbranched alkanes of at least 4 members (excludes halogenated alkanes) is 68. The van der Waals surface area contributed by atoms with Gasteiger partial charge in [-0.25, -0.2) is 0 Å². The van der Waals surface area contributed by atoms with Crippen LogP contribution < -0.4 is 10.2 Å². The molecule has 2 unspecified atom stereocenters. The van der Waals surface area contributed by atoms with Crippen molar-refractivity contribution < 1.29 is 19.8 Å². The molecule has 0 saturated heterocycles. The molecule has 0 fully saturated rings. The smallest absolute Gasteiger partial charge is 0.550 e. The van der Waals surface area contributed by atoms with Crippen LogP contribution in [-0.4, -0.2) is 97.7 Å². The summed E-state index contributed by atoms with van der Waals surface area (Å²) < 4.78 is 0. The van der Waals surface area contributed by atoms with Gasteiger partial charge in [0.15, 0.2) is 0 Å². The fourth-order valence-corrected chi connectivity index (χ4v) is 14.7. The average molecular weight is 1370 g/mol. The largest absolute Gasteiger partial charge is 2.00 e. The Morgan fingerprint density at radius 2 is 0.295 bits per heavy atom. The standard InChI is InChI=1S/2C44H89NO2.Ca/c2*1-4-6-8-10-12-14-16-18-20-22-24-26-28-30-32-34-36-38-40-45(43(3)42-44(46)47)41-39-37-35-33-31-29-27-25-23-21-19-17-15-13-11-9-7-5-2;/h2*43H,4-42H2,1-3H3,(H,46,47);/q;;+2/p-2. The van der Waals surface area contributed by atoms with Crippen molar-refractivity contribution in [1.82, 2.24) is 9.80 Å². The van der Waals surface area contributed by atoms with Crippen LogP contribution in [0.15, 0.2) is 0 Å². The summed E-state index contributed by atoms with van der Waals surface area (Å²) in [6.45, 7) is 17.5. The van der Waals surface area contributed by atoms with Gasteiger partial charge in [-0.15, -0.1) is 0 Å². The van der Waals surface area contributed by atoms with Crippen molar-refractivity contribution in [2.75, 3.05) is 26.2 Å². The second-order valence-electron chi connectivity index (χ2n) is 31.0. The third-order valence-electron chi connectivity index (χ3n) is 21.4. The van der Waals surface area contributed by atoms with Crippen LogP contribution in [0.5, 0.6) is 0 Å². The zero-order chi connectivity index (χ0) is 68.6. The monoisotopic (exact) mass is 1370 g/mol. The van der Waals surface area contributed by atoms with Gasteiger partial charge in [-0.3, -0.25) is 0 Å². The third-order valence-corrected chi connectivity index (χ3v) is 21.4. The molecule has 0 bridgehead atoms. The van der Waals surface area contributed by atoms with Gasteiger partial charge in [0.2, 0.25) is 0 Å². The van der Waals surface area contributed by atoms with Crippen molar-refractivity contribution >= 4 is 49.7 Å². The molecule has 0 saturated carbocycles. The van der Waals surface area contributed by atoms with Gasteiger partial charge < -0.3 is 29.6 Å². The van der Waals surface area contributed by atoms with Crippen LogP contribution in [0.4, 0.5) is 0 Å². The molecule has 0 aliphatic heterocycles. The first kappa shape index (κ1) is 99.3. The van der Waals surface area contributed by atoms with E-state index in [0.717, 1.165) is 26.2 Å². The Morgan fingerprint density at radius 1 is 0.200 bits per heavy atom. The maximum atomic E-state index is 11.3. The summed E-state index contributed by atoms with van der Waals surface area (Å²) in [5, 5.41) is 22.5. The van der Waals surface area contributed by atoms with Gasteiger partial charge in [0.25, 0.3) is 0 Å². The van der Waals surface area contributed by atoms with Crippen molar-refractivity contribution in [2.45, 2.75) is 529 Å². The van der Waals surface area contributed by atoms with Crippen LogP contribution in [0, 0.1) is 0 Å². The van der Waals surface area contributed by atoms with Crippen LogP contribution in [0.1, 0.15) is 517 Å². The van der Waals surface area contributed by atoms with Crippen molar-refractivity contribution in [2.24, 2.45) is 0 Å². The minimum atomic E-state index is -0.905. The van der Waals surface area contributed by atoms with Crippen LogP contribution >= 0.6 is 0 Å². The van der Waals surface area contributed by atoms with E-state index in [2.05, 4.69) is 51.3 Å². The molecule has 564 valence electrons. The van der Waals surface area contributed by atoms with Crippen LogP contribution in [0.2, 0.25) is 0 Å². The second kappa shape index (κ2) is 88.3. The maximum absolute atomic E-state index is 11.3. The number of carboxylic acid groups (broad SMARTS) is 2. The number of carbonyl (C=O) groups excluding carboxylic acids is 2. The van der Waals surface area contributed by atoms with E-state index in [-0.39, 0.29) is 62.7 Å². The predicted octanol–water partition coefficient (Wildman–Crippen LogP) is 27.4. The Bertz CT molecular complexity index is 1220. The van der Waals surface area contributed by atoms with Gasteiger partial charge >= 0.3 is 37.7 Å². The Kier molecular flexibility index (Phi) is 92.3. The zero-order valence-electron chi connectivity index (χ0n) is 66.5. The van der Waals surface area contributed by atoms with Gasteiger partial charge in [-0.05, 0) is 65.7 Å². The number of hydrogen-bond donors (Lipinski definition) is 0. The van der Waals surface area contributed by atoms with Gasteiger partial charge in [0.05, 0.1) is 0 Å². The number of rotatable bonds is 82. The molecular weight excluding hydrogens is 1190 g/mol. The molecular formula is C88H176CaN2O4. The van der Waals surface area contributed by atoms with Gasteiger partial charge in [0.1, 0.15) is 0 Å². The Labute approximate surface area is 629 Å².